The Morgan fingerprint density at radius 1 is 0.744 bits per heavy atom. The van der Waals surface area contributed by atoms with Crippen LogP contribution in [0.1, 0.15) is 16.7 Å². The van der Waals surface area contributed by atoms with Crippen LogP contribution >= 0.6 is 34.8 Å². The van der Waals surface area contributed by atoms with Gasteiger partial charge in [0.1, 0.15) is 24.1 Å². The molecule has 0 spiro atoms. The molecule has 4 rings (SSSR count). The molecule has 0 bridgehead atoms. The molecule has 3 aromatic carbocycles. The summed E-state index contributed by atoms with van der Waals surface area (Å²) in [6.45, 7) is 0.353. The second-order valence-electron chi connectivity index (χ2n) is 9.54. The van der Waals surface area contributed by atoms with Gasteiger partial charge in [-0.2, -0.15) is 0 Å². The lowest BCUT2D eigenvalue weighted by molar-refractivity contribution is -0.305. The molecule has 1 N–H and O–H groups in total. The van der Waals surface area contributed by atoms with Crippen molar-refractivity contribution in [3.8, 4) is 5.75 Å². The van der Waals surface area contributed by atoms with Crippen molar-refractivity contribution < 1.29 is 38.0 Å². The van der Waals surface area contributed by atoms with Crippen molar-refractivity contribution in [3.63, 3.8) is 0 Å². The number of nitrogens with one attached hydrogen (secondary N) is 1. The molecule has 1 saturated heterocycles. The molecule has 1 aliphatic rings. The summed E-state index contributed by atoms with van der Waals surface area (Å²) >= 11 is 17.8. The van der Waals surface area contributed by atoms with Gasteiger partial charge in [0.15, 0.2) is 6.10 Å². The summed E-state index contributed by atoms with van der Waals surface area (Å²) in [6, 6.07) is 26.1. The Labute approximate surface area is 265 Å². The Morgan fingerprint density at radius 3 is 1.72 bits per heavy atom. The van der Waals surface area contributed by atoms with Gasteiger partial charge in [-0.25, -0.2) is 4.79 Å². The van der Waals surface area contributed by atoms with Gasteiger partial charge in [0, 0.05) is 0 Å². The fourth-order valence-electron chi connectivity index (χ4n) is 4.39. The van der Waals surface area contributed by atoms with Crippen molar-refractivity contribution in [3.05, 3.63) is 102 Å². The lowest BCUT2D eigenvalue weighted by Crippen LogP contribution is -2.63. The van der Waals surface area contributed by atoms with Gasteiger partial charge in [0.2, 0.25) is 12.2 Å². The van der Waals surface area contributed by atoms with E-state index in [1.165, 1.54) is 7.11 Å². The van der Waals surface area contributed by atoms with Crippen LogP contribution in [0.25, 0.3) is 0 Å². The number of benzene rings is 3. The zero-order valence-electron chi connectivity index (χ0n) is 23.5. The normalized spacial score (nSPS) is 22.0. The molecule has 9 nitrogen and oxygen atoms in total. The van der Waals surface area contributed by atoms with E-state index in [0.29, 0.717) is 5.75 Å². The predicted octanol–water partition coefficient (Wildman–Crippen LogP) is 6.01. The molecule has 0 aliphatic carbocycles. The SMILES string of the molecule is COC(=O)[C@H]1OC(OC(=N)C(Cl)(Cl)Cl)[C@@H](OCc2ccccc2)[C@@H](OCc2ccc(OC)cc2)[C@@H]1OCc1ccccc1. The topological polar surface area (TPSA) is 106 Å². The molecule has 230 valence electrons. The minimum atomic E-state index is -2.20. The van der Waals surface area contributed by atoms with Crippen LogP contribution in [0.4, 0.5) is 0 Å². The van der Waals surface area contributed by atoms with Crippen molar-refractivity contribution in [2.24, 2.45) is 0 Å². The average Bonchev–Trinajstić information content (AvgIpc) is 3.02. The molecule has 3 aromatic rings. The van der Waals surface area contributed by atoms with Gasteiger partial charge in [-0.3, -0.25) is 5.41 Å². The van der Waals surface area contributed by atoms with E-state index in [-0.39, 0.29) is 19.8 Å². The molecule has 1 fully saturated rings. The number of alkyl halides is 3. The van der Waals surface area contributed by atoms with Crippen LogP contribution in [0.15, 0.2) is 84.9 Å². The Kier molecular flexibility index (Phi) is 12.1. The maximum absolute atomic E-state index is 13.1. The van der Waals surface area contributed by atoms with Crippen LogP contribution in [0, 0.1) is 5.41 Å². The number of methoxy groups -OCH3 is 2. The van der Waals surface area contributed by atoms with Gasteiger partial charge in [-0.05, 0) is 28.8 Å². The third-order valence-corrected chi connectivity index (χ3v) is 7.11. The van der Waals surface area contributed by atoms with E-state index in [0.717, 1.165) is 16.7 Å². The van der Waals surface area contributed by atoms with E-state index in [1.54, 1.807) is 19.2 Å². The second-order valence-corrected chi connectivity index (χ2v) is 11.8. The maximum atomic E-state index is 13.1. The number of esters is 1. The number of rotatable bonds is 12. The highest BCUT2D eigenvalue weighted by atomic mass is 35.6. The van der Waals surface area contributed by atoms with E-state index < -0.39 is 46.4 Å². The quantitative estimate of drug-likeness (QED) is 0.110. The molecule has 1 unspecified atom stereocenters. The number of hydrogen-bond acceptors (Lipinski definition) is 9. The minimum absolute atomic E-state index is 0.105. The zero-order chi connectivity index (χ0) is 30.8. The number of hydrogen-bond donors (Lipinski definition) is 1. The van der Waals surface area contributed by atoms with Crippen molar-refractivity contribution in [1.29, 1.82) is 5.41 Å². The summed E-state index contributed by atoms with van der Waals surface area (Å²) in [4.78, 5) is 13.1. The maximum Gasteiger partial charge on any atom is 0.338 e. The first-order chi connectivity index (χ1) is 20.7. The summed E-state index contributed by atoms with van der Waals surface area (Å²) in [6.07, 6.45) is -5.78. The highest BCUT2D eigenvalue weighted by Crippen LogP contribution is 2.35. The van der Waals surface area contributed by atoms with Crippen molar-refractivity contribution in [2.75, 3.05) is 14.2 Å². The summed E-state index contributed by atoms with van der Waals surface area (Å²) in [5.41, 5.74) is 2.53. The molecule has 0 radical (unpaired) electrons. The summed E-state index contributed by atoms with van der Waals surface area (Å²) in [7, 11) is 2.81. The Bertz CT molecular complexity index is 1310. The van der Waals surface area contributed by atoms with Gasteiger partial charge in [0.05, 0.1) is 34.0 Å². The number of halogens is 3. The lowest BCUT2D eigenvalue weighted by atomic mass is 9.97. The Balaban J connectivity index is 1.70. The monoisotopic (exact) mass is 651 g/mol. The largest absolute Gasteiger partial charge is 0.497 e. The van der Waals surface area contributed by atoms with E-state index in [1.807, 2.05) is 72.8 Å². The molecule has 1 aliphatic heterocycles. The zero-order valence-corrected chi connectivity index (χ0v) is 25.8. The van der Waals surface area contributed by atoms with E-state index in [2.05, 4.69) is 0 Å². The Morgan fingerprint density at radius 2 is 1.23 bits per heavy atom. The van der Waals surface area contributed by atoms with E-state index in [9.17, 15) is 4.79 Å². The highest BCUT2D eigenvalue weighted by molar-refractivity contribution is 6.76. The minimum Gasteiger partial charge on any atom is -0.497 e. The standard InChI is InChI=1S/C31H32Cl3NO8/c1-37-23-15-13-22(14-16-23)19-40-25-24(39-17-20-9-5-3-6-10-20)26(28(36)38-2)42-29(43-30(35)31(32,33)34)27(25)41-18-21-11-7-4-8-12-21/h3-16,24-27,29,35H,17-19H2,1-2H3/t24-,25-,26-,27-,29?/m0/s1. The molecule has 0 saturated carbocycles. The van der Waals surface area contributed by atoms with Gasteiger partial charge in [-0.15, -0.1) is 0 Å². The van der Waals surface area contributed by atoms with Crippen molar-refractivity contribution in [1.82, 2.24) is 0 Å². The number of carbonyl (C=O) groups is 1. The van der Waals surface area contributed by atoms with Crippen molar-refractivity contribution in [2.45, 2.75) is 54.3 Å². The van der Waals surface area contributed by atoms with E-state index >= 15 is 0 Å². The van der Waals surface area contributed by atoms with Crippen LogP contribution in [0.5, 0.6) is 5.75 Å². The molecule has 1 heterocycles. The number of carbonyl (C=O) groups excluding carboxylic acids is 1. The fourth-order valence-corrected chi connectivity index (χ4v) is 4.52. The fraction of sp³-hybridized carbons (Fsp3) is 0.355. The van der Waals surface area contributed by atoms with Crippen LogP contribution in [0.3, 0.4) is 0 Å². The summed E-state index contributed by atoms with van der Waals surface area (Å²) < 4.78 is 38.9. The first-order valence-electron chi connectivity index (χ1n) is 13.3. The molecule has 12 heteroatoms. The molecular weight excluding hydrogens is 621 g/mol. The van der Waals surface area contributed by atoms with Gasteiger partial charge >= 0.3 is 5.97 Å². The first kappa shape index (κ1) is 33.0. The predicted molar refractivity (Wildman–Crippen MR) is 161 cm³/mol. The van der Waals surface area contributed by atoms with Gasteiger partial charge in [0.25, 0.3) is 3.79 Å². The average molecular weight is 653 g/mol. The molecular formula is C31H32Cl3NO8. The second kappa shape index (κ2) is 15.7. The highest BCUT2D eigenvalue weighted by Gasteiger charge is 2.53. The molecule has 5 atom stereocenters. The lowest BCUT2D eigenvalue weighted by Gasteiger charge is -2.44. The Hall–Kier alpha value is -2.89. The third kappa shape index (κ3) is 9.30. The summed E-state index contributed by atoms with van der Waals surface area (Å²) in [5.74, 6) is -0.781. The first-order valence-corrected chi connectivity index (χ1v) is 14.4. The molecule has 0 aromatic heterocycles. The third-order valence-electron chi connectivity index (χ3n) is 6.59. The molecule has 0 amide bonds. The molecule has 43 heavy (non-hydrogen) atoms. The summed E-state index contributed by atoms with van der Waals surface area (Å²) in [5, 5.41) is 8.21. The number of ether oxygens (including phenoxy) is 7. The smallest absolute Gasteiger partial charge is 0.338 e. The van der Waals surface area contributed by atoms with Gasteiger partial charge < -0.3 is 33.2 Å². The van der Waals surface area contributed by atoms with E-state index in [4.69, 9.17) is 73.4 Å². The van der Waals surface area contributed by atoms with Gasteiger partial charge in [-0.1, -0.05) is 108 Å². The van der Waals surface area contributed by atoms with Crippen LogP contribution in [-0.4, -0.2) is 60.6 Å². The van der Waals surface area contributed by atoms with Crippen molar-refractivity contribution >= 4 is 46.7 Å². The van der Waals surface area contributed by atoms with Crippen LogP contribution < -0.4 is 4.74 Å². The van der Waals surface area contributed by atoms with Crippen LogP contribution in [-0.2, 0) is 53.0 Å². The van der Waals surface area contributed by atoms with Crippen LogP contribution in [0.2, 0.25) is 0 Å².